The number of rotatable bonds is 3. The maximum absolute atomic E-state index is 12.6. The predicted molar refractivity (Wildman–Crippen MR) is 110 cm³/mol. The molecule has 2 aromatic heterocycles. The second-order valence-corrected chi connectivity index (χ2v) is 7.20. The third kappa shape index (κ3) is 3.16. The fraction of sp³-hybridized carbons (Fsp3) is 0.0500. The van der Waals surface area contributed by atoms with E-state index < -0.39 is 39.8 Å². The lowest BCUT2D eigenvalue weighted by Gasteiger charge is -2.15. The number of benzene rings is 2. The summed E-state index contributed by atoms with van der Waals surface area (Å²) in [5, 5.41) is 34.2. The van der Waals surface area contributed by atoms with E-state index in [2.05, 4.69) is 5.16 Å². The van der Waals surface area contributed by atoms with Gasteiger partial charge in [-0.25, -0.2) is 9.59 Å². The topological polar surface area (TPSA) is 133 Å². The Morgan fingerprint density at radius 1 is 0.833 bits per heavy atom. The summed E-state index contributed by atoms with van der Waals surface area (Å²) in [5.41, 5.74) is -2.84. The summed E-state index contributed by atoms with van der Waals surface area (Å²) >= 11 is 11.9. The normalized spacial score (nSPS) is 11.8. The van der Waals surface area contributed by atoms with E-state index >= 15 is 0 Å². The molecular weight excluding hydrogens is 437 g/mol. The molecule has 0 unspecified atom stereocenters. The zero-order valence-corrected chi connectivity index (χ0v) is 16.3. The Morgan fingerprint density at radius 3 is 1.67 bits per heavy atom. The van der Waals surface area contributed by atoms with Crippen molar-refractivity contribution in [3.8, 4) is 11.5 Å². The largest absolute Gasteiger partial charge is 0.507 e. The van der Waals surface area contributed by atoms with E-state index in [0.29, 0.717) is 0 Å². The Balaban J connectivity index is 2.09. The predicted octanol–water partition coefficient (Wildman–Crippen LogP) is 4.21. The second-order valence-electron chi connectivity index (χ2n) is 6.33. The first-order valence-electron chi connectivity index (χ1n) is 8.39. The highest BCUT2D eigenvalue weighted by molar-refractivity contribution is 6.31. The van der Waals surface area contributed by atoms with Gasteiger partial charge in [0.15, 0.2) is 0 Å². The molecule has 3 N–H and O–H groups in total. The van der Waals surface area contributed by atoms with Crippen LogP contribution in [0.1, 0.15) is 17.0 Å². The van der Waals surface area contributed by atoms with Gasteiger partial charge in [0.05, 0.1) is 34.0 Å². The lowest BCUT2D eigenvalue weighted by Crippen LogP contribution is -2.21. The number of fused-ring (bicyclic) bond motifs is 2. The highest BCUT2D eigenvalue weighted by Crippen LogP contribution is 2.38. The molecule has 0 saturated carbocycles. The summed E-state index contributed by atoms with van der Waals surface area (Å²) in [6, 6.07) is 8.42. The van der Waals surface area contributed by atoms with Gasteiger partial charge in [-0.1, -0.05) is 23.2 Å². The van der Waals surface area contributed by atoms with Crippen molar-refractivity contribution in [2.24, 2.45) is 5.16 Å². The summed E-state index contributed by atoms with van der Waals surface area (Å²) in [4.78, 5) is 25.3. The Bertz CT molecular complexity index is 1350. The summed E-state index contributed by atoms with van der Waals surface area (Å²) in [6.45, 7) is 0. The third-order valence-electron chi connectivity index (χ3n) is 4.59. The quantitative estimate of drug-likeness (QED) is 0.185. The number of halogens is 2. The van der Waals surface area contributed by atoms with E-state index in [-0.39, 0.29) is 32.0 Å². The van der Waals surface area contributed by atoms with Gasteiger partial charge < -0.3 is 24.3 Å². The van der Waals surface area contributed by atoms with E-state index in [0.717, 1.165) is 6.21 Å². The van der Waals surface area contributed by atoms with Crippen molar-refractivity contribution in [3.63, 3.8) is 0 Å². The molecule has 4 aromatic rings. The van der Waals surface area contributed by atoms with Gasteiger partial charge in [-0.2, -0.15) is 0 Å². The highest BCUT2D eigenvalue weighted by Gasteiger charge is 2.30. The van der Waals surface area contributed by atoms with E-state index in [4.69, 9.17) is 37.2 Å². The van der Waals surface area contributed by atoms with Crippen LogP contribution < -0.4 is 11.3 Å². The van der Waals surface area contributed by atoms with Gasteiger partial charge in [0.25, 0.3) is 0 Å². The number of hydrogen-bond acceptors (Lipinski definition) is 8. The molecule has 0 bridgehead atoms. The Morgan fingerprint density at radius 2 is 1.27 bits per heavy atom. The van der Waals surface area contributed by atoms with Crippen molar-refractivity contribution in [2.75, 3.05) is 0 Å². The van der Waals surface area contributed by atoms with Crippen LogP contribution in [0, 0.1) is 0 Å². The maximum atomic E-state index is 12.6. The van der Waals surface area contributed by atoms with E-state index in [1.54, 1.807) is 0 Å². The smallest absolute Gasteiger partial charge is 0.344 e. The van der Waals surface area contributed by atoms with Crippen molar-refractivity contribution < 1.29 is 24.3 Å². The van der Waals surface area contributed by atoms with Gasteiger partial charge in [0.1, 0.15) is 22.7 Å². The van der Waals surface area contributed by atoms with Crippen LogP contribution in [0.3, 0.4) is 0 Å². The standard InChI is InChI=1S/C20H11Cl2NO7/c21-8-1-3-13-10(5-8)17(24)15(19(26)29-13)12(7-23-28)16-18(25)11-6-9(22)2-4-14(11)30-20(16)27/h1-7,12,24-25,28H/b23-7+. The Hall–Kier alpha value is -3.49. The third-order valence-corrected chi connectivity index (χ3v) is 5.06. The SMILES string of the molecule is O=c1oc2ccc(Cl)cc2c(O)c1C(/C=N/O)c1c(O)c2cc(Cl)ccc2oc1=O. The van der Waals surface area contributed by atoms with Crippen LogP contribution in [0.4, 0.5) is 0 Å². The van der Waals surface area contributed by atoms with Gasteiger partial charge in [0, 0.05) is 10.0 Å². The molecule has 10 heteroatoms. The minimum absolute atomic E-state index is 0.0480. The first-order valence-corrected chi connectivity index (χ1v) is 9.15. The molecule has 4 rings (SSSR count). The lowest BCUT2D eigenvalue weighted by molar-refractivity contribution is 0.320. The molecular formula is C20H11Cl2NO7. The number of oxime groups is 1. The molecule has 0 aliphatic rings. The van der Waals surface area contributed by atoms with Crippen molar-refractivity contribution in [1.29, 1.82) is 0 Å². The fourth-order valence-electron chi connectivity index (χ4n) is 3.25. The molecule has 0 fully saturated rings. The van der Waals surface area contributed by atoms with Gasteiger partial charge in [-0.05, 0) is 36.4 Å². The van der Waals surface area contributed by atoms with Crippen LogP contribution in [0.5, 0.6) is 11.5 Å². The summed E-state index contributed by atoms with van der Waals surface area (Å²) in [5.74, 6) is -2.62. The molecule has 0 amide bonds. The van der Waals surface area contributed by atoms with Crippen molar-refractivity contribution >= 4 is 51.4 Å². The number of aromatic hydroxyl groups is 2. The number of hydrogen-bond donors (Lipinski definition) is 3. The van der Waals surface area contributed by atoms with Crippen LogP contribution in [-0.2, 0) is 0 Å². The van der Waals surface area contributed by atoms with E-state index in [1.165, 1.54) is 36.4 Å². The van der Waals surface area contributed by atoms with Crippen LogP contribution >= 0.6 is 23.2 Å². The van der Waals surface area contributed by atoms with Crippen LogP contribution in [0.15, 0.2) is 60.0 Å². The highest BCUT2D eigenvalue weighted by atomic mass is 35.5. The van der Waals surface area contributed by atoms with Gasteiger partial charge in [0.2, 0.25) is 0 Å². The molecule has 8 nitrogen and oxygen atoms in total. The van der Waals surface area contributed by atoms with Crippen molar-refractivity contribution in [3.05, 3.63) is 78.4 Å². The first-order chi connectivity index (χ1) is 14.3. The monoisotopic (exact) mass is 447 g/mol. The zero-order valence-electron chi connectivity index (χ0n) is 14.8. The van der Waals surface area contributed by atoms with E-state index in [1.807, 2.05) is 0 Å². The summed E-state index contributed by atoms with van der Waals surface area (Å²) < 4.78 is 10.4. The van der Waals surface area contributed by atoms with Crippen molar-refractivity contribution in [2.45, 2.75) is 5.92 Å². The average molecular weight is 448 g/mol. The molecule has 0 spiro atoms. The molecule has 2 aromatic carbocycles. The average Bonchev–Trinajstić information content (AvgIpc) is 2.69. The Kier molecular flexibility index (Phi) is 4.89. The Labute approximate surface area is 176 Å². The molecule has 0 atom stereocenters. The second kappa shape index (κ2) is 7.40. The van der Waals surface area contributed by atoms with Gasteiger partial charge in [-0.15, -0.1) is 5.16 Å². The van der Waals surface area contributed by atoms with Crippen molar-refractivity contribution in [1.82, 2.24) is 0 Å². The van der Waals surface area contributed by atoms with Gasteiger partial charge in [-0.3, -0.25) is 0 Å². The van der Waals surface area contributed by atoms with Gasteiger partial charge >= 0.3 is 11.3 Å². The first kappa shape index (κ1) is 19.8. The van der Waals surface area contributed by atoms with Crippen LogP contribution in [0.2, 0.25) is 10.0 Å². The zero-order chi connectivity index (χ0) is 21.6. The number of nitrogens with zero attached hydrogens (tertiary/aromatic N) is 1. The lowest BCUT2D eigenvalue weighted by atomic mass is 9.91. The minimum Gasteiger partial charge on any atom is -0.507 e. The summed E-state index contributed by atoms with van der Waals surface area (Å²) in [6.07, 6.45) is 0.782. The van der Waals surface area contributed by atoms with E-state index in [9.17, 15) is 19.8 Å². The molecule has 0 saturated heterocycles. The molecule has 0 aliphatic heterocycles. The molecule has 0 radical (unpaired) electrons. The van der Waals surface area contributed by atoms with Crippen LogP contribution in [-0.4, -0.2) is 21.6 Å². The molecule has 0 aliphatic carbocycles. The molecule has 2 heterocycles. The molecule has 30 heavy (non-hydrogen) atoms. The van der Waals surface area contributed by atoms with Crippen LogP contribution in [0.25, 0.3) is 21.9 Å². The molecule has 152 valence electrons. The summed E-state index contributed by atoms with van der Waals surface area (Å²) in [7, 11) is 0. The fourth-order valence-corrected chi connectivity index (χ4v) is 3.60. The minimum atomic E-state index is -1.51. The maximum Gasteiger partial charge on any atom is 0.344 e.